The fourth-order valence-electron chi connectivity index (χ4n) is 2.60. The molecule has 1 unspecified atom stereocenters. The van der Waals surface area contributed by atoms with Crippen LogP contribution in [-0.2, 0) is 19.8 Å². The Morgan fingerprint density at radius 2 is 2.05 bits per heavy atom. The molecule has 0 saturated carbocycles. The summed E-state index contributed by atoms with van der Waals surface area (Å²) in [6.45, 7) is 3.38. The standard InChI is InChI=1S/C15H19FO3/c1-11(19-14-4-2-3-9-17-14)15(10-18-15)12-5-7-13(16)8-6-12/h5-8,11,14H,2-4,9-10H2,1H3/t11-,14?,15-/m1/s1. The number of hydrogen-bond acceptors (Lipinski definition) is 3. The second kappa shape index (κ2) is 5.19. The molecule has 3 atom stereocenters. The Bertz CT molecular complexity index is 422. The van der Waals surface area contributed by atoms with E-state index in [-0.39, 0.29) is 18.2 Å². The van der Waals surface area contributed by atoms with Gasteiger partial charge in [0.25, 0.3) is 0 Å². The Balaban J connectivity index is 1.68. The molecule has 19 heavy (non-hydrogen) atoms. The molecule has 2 aliphatic rings. The first-order valence-corrected chi connectivity index (χ1v) is 6.88. The Hall–Kier alpha value is -0.970. The molecule has 0 spiro atoms. The van der Waals surface area contributed by atoms with Crippen LogP contribution in [0.3, 0.4) is 0 Å². The van der Waals surface area contributed by atoms with Crippen molar-refractivity contribution >= 4 is 0 Å². The summed E-state index contributed by atoms with van der Waals surface area (Å²) in [5.74, 6) is -0.233. The summed E-state index contributed by atoms with van der Waals surface area (Å²) in [5, 5.41) is 0. The van der Waals surface area contributed by atoms with Crippen LogP contribution in [0.15, 0.2) is 24.3 Å². The molecular weight excluding hydrogens is 247 g/mol. The molecule has 3 rings (SSSR count). The quantitative estimate of drug-likeness (QED) is 0.785. The topological polar surface area (TPSA) is 31.0 Å². The molecule has 0 amide bonds. The van der Waals surface area contributed by atoms with Crippen molar-refractivity contribution in [3.05, 3.63) is 35.6 Å². The molecule has 0 aliphatic carbocycles. The van der Waals surface area contributed by atoms with Crippen molar-refractivity contribution in [2.45, 2.75) is 44.2 Å². The van der Waals surface area contributed by atoms with Crippen molar-refractivity contribution in [1.29, 1.82) is 0 Å². The average Bonchev–Trinajstić information content (AvgIpc) is 3.22. The van der Waals surface area contributed by atoms with E-state index >= 15 is 0 Å². The van der Waals surface area contributed by atoms with Gasteiger partial charge in [0.15, 0.2) is 6.29 Å². The van der Waals surface area contributed by atoms with Gasteiger partial charge >= 0.3 is 0 Å². The highest BCUT2D eigenvalue weighted by molar-refractivity contribution is 5.28. The van der Waals surface area contributed by atoms with Gasteiger partial charge in [-0.1, -0.05) is 12.1 Å². The fraction of sp³-hybridized carbons (Fsp3) is 0.600. The van der Waals surface area contributed by atoms with Crippen molar-refractivity contribution in [2.24, 2.45) is 0 Å². The fourth-order valence-corrected chi connectivity index (χ4v) is 2.60. The maximum atomic E-state index is 13.0. The van der Waals surface area contributed by atoms with Gasteiger partial charge in [-0.3, -0.25) is 0 Å². The van der Waals surface area contributed by atoms with Gasteiger partial charge in [0, 0.05) is 6.61 Å². The highest BCUT2D eigenvalue weighted by Gasteiger charge is 2.52. The van der Waals surface area contributed by atoms with E-state index < -0.39 is 5.60 Å². The molecule has 1 aromatic rings. The van der Waals surface area contributed by atoms with E-state index in [0.717, 1.165) is 31.4 Å². The highest BCUT2D eigenvalue weighted by Crippen LogP contribution is 2.44. The Morgan fingerprint density at radius 3 is 2.63 bits per heavy atom. The summed E-state index contributed by atoms with van der Waals surface area (Å²) in [6.07, 6.45) is 2.95. The third-order valence-electron chi connectivity index (χ3n) is 3.94. The number of hydrogen-bond donors (Lipinski definition) is 0. The van der Waals surface area contributed by atoms with Gasteiger partial charge in [0.2, 0.25) is 0 Å². The molecular formula is C15H19FO3. The summed E-state index contributed by atoms with van der Waals surface area (Å²) >= 11 is 0. The third-order valence-corrected chi connectivity index (χ3v) is 3.94. The van der Waals surface area contributed by atoms with Gasteiger partial charge < -0.3 is 14.2 Å². The predicted octanol–water partition coefficient (Wildman–Crippen LogP) is 2.98. The lowest BCUT2D eigenvalue weighted by Gasteiger charge is -2.29. The van der Waals surface area contributed by atoms with Gasteiger partial charge in [0.05, 0.1) is 12.7 Å². The minimum absolute atomic E-state index is 0.0962. The largest absolute Gasteiger partial charge is 0.362 e. The zero-order valence-corrected chi connectivity index (χ0v) is 11.1. The van der Waals surface area contributed by atoms with Crippen LogP contribution in [0.4, 0.5) is 4.39 Å². The van der Waals surface area contributed by atoms with E-state index in [1.54, 1.807) is 12.1 Å². The van der Waals surface area contributed by atoms with Crippen LogP contribution in [0.5, 0.6) is 0 Å². The molecule has 2 saturated heterocycles. The second-order valence-electron chi connectivity index (χ2n) is 5.26. The highest BCUT2D eigenvalue weighted by atomic mass is 19.1. The molecule has 2 heterocycles. The van der Waals surface area contributed by atoms with Gasteiger partial charge in [-0.2, -0.15) is 0 Å². The number of halogens is 1. The molecule has 0 aromatic heterocycles. The van der Waals surface area contributed by atoms with Crippen molar-refractivity contribution in [1.82, 2.24) is 0 Å². The summed E-state index contributed by atoms with van der Waals surface area (Å²) in [5.41, 5.74) is 0.548. The van der Waals surface area contributed by atoms with Crippen LogP contribution in [0, 0.1) is 5.82 Å². The van der Waals surface area contributed by atoms with Crippen LogP contribution in [-0.4, -0.2) is 25.6 Å². The van der Waals surface area contributed by atoms with Crippen LogP contribution < -0.4 is 0 Å². The molecule has 0 bridgehead atoms. The van der Waals surface area contributed by atoms with E-state index in [1.807, 2.05) is 6.92 Å². The van der Waals surface area contributed by atoms with E-state index in [1.165, 1.54) is 12.1 Å². The third kappa shape index (κ3) is 2.66. The van der Waals surface area contributed by atoms with Crippen molar-refractivity contribution in [3.8, 4) is 0 Å². The first-order valence-electron chi connectivity index (χ1n) is 6.88. The smallest absolute Gasteiger partial charge is 0.158 e. The Kier molecular flexibility index (Phi) is 3.56. The lowest BCUT2D eigenvalue weighted by molar-refractivity contribution is -0.197. The summed E-state index contributed by atoms with van der Waals surface area (Å²) in [6, 6.07) is 6.46. The molecule has 2 fully saturated rings. The first-order chi connectivity index (χ1) is 9.21. The van der Waals surface area contributed by atoms with Crippen LogP contribution >= 0.6 is 0 Å². The molecule has 104 valence electrons. The van der Waals surface area contributed by atoms with Gasteiger partial charge in [-0.15, -0.1) is 0 Å². The zero-order chi connectivity index (χ0) is 13.3. The molecule has 0 radical (unpaired) electrons. The molecule has 3 nitrogen and oxygen atoms in total. The lowest BCUT2D eigenvalue weighted by atomic mass is 9.95. The van der Waals surface area contributed by atoms with E-state index in [4.69, 9.17) is 14.2 Å². The van der Waals surface area contributed by atoms with Gasteiger partial charge in [-0.25, -0.2) is 4.39 Å². The minimum Gasteiger partial charge on any atom is -0.362 e. The lowest BCUT2D eigenvalue weighted by Crippen LogP contribution is -2.34. The van der Waals surface area contributed by atoms with Crippen LogP contribution in [0.2, 0.25) is 0 Å². The number of benzene rings is 1. The predicted molar refractivity (Wildman–Crippen MR) is 68.2 cm³/mol. The maximum Gasteiger partial charge on any atom is 0.158 e. The monoisotopic (exact) mass is 266 g/mol. The second-order valence-corrected chi connectivity index (χ2v) is 5.26. The Labute approximate surface area is 112 Å². The van der Waals surface area contributed by atoms with Gasteiger partial charge in [-0.05, 0) is 43.9 Å². The maximum absolute atomic E-state index is 13.0. The van der Waals surface area contributed by atoms with Crippen LogP contribution in [0.1, 0.15) is 31.7 Å². The molecule has 4 heteroatoms. The average molecular weight is 266 g/mol. The number of epoxide rings is 1. The van der Waals surface area contributed by atoms with Crippen molar-refractivity contribution in [3.63, 3.8) is 0 Å². The molecule has 0 N–H and O–H groups in total. The normalized spacial score (nSPS) is 32.0. The van der Waals surface area contributed by atoms with Crippen molar-refractivity contribution < 1.29 is 18.6 Å². The van der Waals surface area contributed by atoms with Crippen molar-refractivity contribution in [2.75, 3.05) is 13.2 Å². The molecule has 2 aliphatic heterocycles. The van der Waals surface area contributed by atoms with E-state index in [0.29, 0.717) is 6.61 Å². The van der Waals surface area contributed by atoms with E-state index in [2.05, 4.69) is 0 Å². The van der Waals surface area contributed by atoms with E-state index in [9.17, 15) is 4.39 Å². The Morgan fingerprint density at radius 1 is 1.32 bits per heavy atom. The van der Waals surface area contributed by atoms with Gasteiger partial charge in [0.1, 0.15) is 11.4 Å². The summed E-state index contributed by atoms with van der Waals surface area (Å²) in [4.78, 5) is 0. The van der Waals surface area contributed by atoms with Crippen LogP contribution in [0.25, 0.3) is 0 Å². The SMILES string of the molecule is C[C@@H](OC1CCCCO1)[C@@]1(c2ccc(F)cc2)CO1. The summed E-state index contributed by atoms with van der Waals surface area (Å²) < 4.78 is 30.2. The first kappa shape index (κ1) is 13.0. The number of rotatable bonds is 4. The number of ether oxygens (including phenoxy) is 3. The molecule has 1 aromatic carbocycles. The summed E-state index contributed by atoms with van der Waals surface area (Å²) in [7, 11) is 0. The zero-order valence-electron chi connectivity index (χ0n) is 11.1. The minimum atomic E-state index is -0.422.